The third-order valence-electron chi connectivity index (χ3n) is 5.73. The van der Waals surface area contributed by atoms with Gasteiger partial charge in [0.2, 0.25) is 0 Å². The highest BCUT2D eigenvalue weighted by Crippen LogP contribution is 2.43. The maximum absolute atomic E-state index is 9.15. The van der Waals surface area contributed by atoms with Crippen molar-refractivity contribution in [1.29, 1.82) is 5.26 Å². The minimum Gasteiger partial charge on any atom is -0.396 e. The summed E-state index contributed by atoms with van der Waals surface area (Å²) in [6.07, 6.45) is 3.30. The van der Waals surface area contributed by atoms with Crippen LogP contribution in [0.2, 0.25) is 0 Å². The molecule has 3 nitrogen and oxygen atoms in total. The van der Waals surface area contributed by atoms with E-state index < -0.39 is 0 Å². The van der Waals surface area contributed by atoms with Gasteiger partial charge < -0.3 is 5.73 Å². The number of hydrogen-bond donors (Lipinski definition) is 1. The Labute approximate surface area is 136 Å². The highest BCUT2D eigenvalue weighted by atomic mass is 32.1. The van der Waals surface area contributed by atoms with E-state index in [-0.39, 0.29) is 0 Å². The average Bonchev–Trinajstić information content (AvgIpc) is 2.80. The van der Waals surface area contributed by atoms with Crippen LogP contribution in [0.1, 0.15) is 50.3 Å². The summed E-state index contributed by atoms with van der Waals surface area (Å²) in [7, 11) is 0. The van der Waals surface area contributed by atoms with Gasteiger partial charge in [0, 0.05) is 11.1 Å². The van der Waals surface area contributed by atoms with Gasteiger partial charge in [-0.15, -0.1) is 11.3 Å². The molecule has 1 aliphatic rings. The fourth-order valence-electron chi connectivity index (χ4n) is 3.38. The third-order valence-corrected chi connectivity index (χ3v) is 6.75. The first-order chi connectivity index (χ1) is 10.3. The molecule has 0 radical (unpaired) electrons. The first-order valence-corrected chi connectivity index (χ1v) is 8.77. The number of pyridine rings is 1. The molecular weight excluding hydrogens is 290 g/mol. The van der Waals surface area contributed by atoms with Crippen molar-refractivity contribution >= 4 is 27.2 Å². The highest BCUT2D eigenvalue weighted by molar-refractivity contribution is 7.19. The number of fused-ring (bicyclic) bond motifs is 2. The first-order valence-electron chi connectivity index (χ1n) is 7.95. The number of rotatable bonds is 2. The van der Waals surface area contributed by atoms with E-state index in [1.54, 1.807) is 0 Å². The molecular formula is C18H23N3S. The molecule has 2 aromatic heterocycles. The summed E-state index contributed by atoms with van der Waals surface area (Å²) < 4.78 is 0. The van der Waals surface area contributed by atoms with Crippen molar-refractivity contribution in [2.24, 2.45) is 17.3 Å². The number of nitrogens with two attached hydrogens (primary N) is 1. The lowest BCUT2D eigenvalue weighted by molar-refractivity contribution is 0.123. The number of nitrogen functional groups attached to an aromatic ring is 1. The molecule has 0 bridgehead atoms. The molecule has 4 heteroatoms. The molecule has 1 unspecified atom stereocenters. The van der Waals surface area contributed by atoms with Crippen LogP contribution in [-0.4, -0.2) is 4.98 Å². The van der Waals surface area contributed by atoms with Gasteiger partial charge in [-0.2, -0.15) is 5.26 Å². The van der Waals surface area contributed by atoms with Crippen LogP contribution < -0.4 is 5.73 Å². The number of thiophene rings is 1. The summed E-state index contributed by atoms with van der Waals surface area (Å²) in [5, 5.41) is 10.1. The number of nitrogens with zero attached hydrogens (tertiary/aromatic N) is 2. The van der Waals surface area contributed by atoms with E-state index in [0.717, 1.165) is 23.1 Å². The van der Waals surface area contributed by atoms with Gasteiger partial charge in [0.1, 0.15) is 15.8 Å². The van der Waals surface area contributed by atoms with E-state index in [0.29, 0.717) is 27.8 Å². The molecule has 0 aliphatic heterocycles. The standard InChI is InChI=1S/C18H23N3S/c1-10(2)18(3,4)12-5-6-14-11(7-12)8-13-16(20)15(9-19)22-17(13)21-14/h8,10,12H,5-7,20H2,1-4H3. The molecule has 1 atom stereocenters. The predicted molar refractivity (Wildman–Crippen MR) is 92.9 cm³/mol. The number of hydrogen-bond acceptors (Lipinski definition) is 4. The smallest absolute Gasteiger partial charge is 0.130 e. The second-order valence-electron chi connectivity index (χ2n) is 7.32. The molecule has 2 aromatic rings. The van der Waals surface area contributed by atoms with Crippen LogP contribution in [0, 0.1) is 28.6 Å². The zero-order valence-corrected chi connectivity index (χ0v) is 14.5. The summed E-state index contributed by atoms with van der Waals surface area (Å²) in [6.45, 7) is 9.39. The van der Waals surface area contributed by atoms with Gasteiger partial charge in [0.15, 0.2) is 0 Å². The van der Waals surface area contributed by atoms with Crippen molar-refractivity contribution in [2.45, 2.75) is 47.0 Å². The maximum atomic E-state index is 9.15. The zero-order valence-electron chi connectivity index (χ0n) is 13.7. The van der Waals surface area contributed by atoms with Crippen LogP contribution in [0.15, 0.2) is 6.07 Å². The van der Waals surface area contributed by atoms with Crippen molar-refractivity contribution in [3.63, 3.8) is 0 Å². The van der Waals surface area contributed by atoms with E-state index in [1.807, 2.05) is 0 Å². The third kappa shape index (κ3) is 2.28. The molecule has 3 rings (SSSR count). The largest absolute Gasteiger partial charge is 0.396 e. The van der Waals surface area contributed by atoms with E-state index in [4.69, 9.17) is 16.0 Å². The molecule has 0 fully saturated rings. The summed E-state index contributed by atoms with van der Waals surface area (Å²) >= 11 is 1.41. The summed E-state index contributed by atoms with van der Waals surface area (Å²) in [5.41, 5.74) is 9.55. The maximum Gasteiger partial charge on any atom is 0.130 e. The molecule has 1 aliphatic carbocycles. The lowest BCUT2D eigenvalue weighted by atomic mass is 9.65. The normalized spacial score (nSPS) is 18.5. The Hall–Kier alpha value is -1.60. The van der Waals surface area contributed by atoms with E-state index >= 15 is 0 Å². The van der Waals surface area contributed by atoms with Crippen molar-refractivity contribution < 1.29 is 0 Å². The predicted octanol–water partition coefficient (Wildman–Crippen LogP) is 4.54. The van der Waals surface area contributed by atoms with Gasteiger partial charge >= 0.3 is 0 Å². The van der Waals surface area contributed by atoms with Crippen LogP contribution in [-0.2, 0) is 12.8 Å². The lowest BCUT2D eigenvalue weighted by Gasteiger charge is -2.40. The van der Waals surface area contributed by atoms with Gasteiger partial charge in [0.05, 0.1) is 5.69 Å². The topological polar surface area (TPSA) is 62.7 Å². The van der Waals surface area contributed by atoms with Gasteiger partial charge in [-0.3, -0.25) is 0 Å². The van der Waals surface area contributed by atoms with E-state index in [2.05, 4.69) is 39.8 Å². The van der Waals surface area contributed by atoms with E-state index in [9.17, 15) is 0 Å². The fourth-order valence-corrected chi connectivity index (χ4v) is 4.27. The Morgan fingerprint density at radius 3 is 2.82 bits per heavy atom. The molecule has 0 saturated heterocycles. The quantitative estimate of drug-likeness (QED) is 0.885. The van der Waals surface area contributed by atoms with Crippen LogP contribution in [0.5, 0.6) is 0 Å². The SMILES string of the molecule is CC(C)C(C)(C)C1CCc2nc3sc(C#N)c(N)c3cc2C1. The average molecular weight is 313 g/mol. The van der Waals surface area contributed by atoms with Gasteiger partial charge in [0.25, 0.3) is 0 Å². The Kier molecular flexibility index (Phi) is 3.65. The Balaban J connectivity index is 2.03. The first kappa shape index (κ1) is 15.3. The minimum absolute atomic E-state index is 0.324. The Bertz CT molecular complexity index is 765. The van der Waals surface area contributed by atoms with Gasteiger partial charge in [-0.1, -0.05) is 27.7 Å². The van der Waals surface area contributed by atoms with Crippen LogP contribution >= 0.6 is 11.3 Å². The van der Waals surface area contributed by atoms with Crippen molar-refractivity contribution in [3.8, 4) is 6.07 Å². The monoisotopic (exact) mass is 313 g/mol. The number of anilines is 1. The fraction of sp³-hybridized carbons (Fsp3) is 0.556. The number of aryl methyl sites for hydroxylation is 1. The molecule has 2 heterocycles. The molecule has 22 heavy (non-hydrogen) atoms. The van der Waals surface area contributed by atoms with Crippen LogP contribution in [0.4, 0.5) is 5.69 Å². The summed E-state index contributed by atoms with van der Waals surface area (Å²) in [5.74, 6) is 1.33. The van der Waals surface area contributed by atoms with Crippen molar-refractivity contribution in [3.05, 3.63) is 22.2 Å². The molecule has 0 spiro atoms. The molecule has 116 valence electrons. The molecule has 0 amide bonds. The van der Waals surface area contributed by atoms with Gasteiger partial charge in [-0.05, 0) is 48.1 Å². The molecule has 2 N–H and O–H groups in total. The molecule has 0 saturated carbocycles. The zero-order chi connectivity index (χ0) is 16.1. The van der Waals surface area contributed by atoms with Crippen LogP contribution in [0.3, 0.4) is 0 Å². The molecule has 0 aromatic carbocycles. The van der Waals surface area contributed by atoms with E-state index in [1.165, 1.54) is 29.0 Å². The van der Waals surface area contributed by atoms with Crippen molar-refractivity contribution in [2.75, 3.05) is 5.73 Å². The number of aromatic nitrogens is 1. The summed E-state index contributed by atoms with van der Waals surface area (Å²) in [4.78, 5) is 6.29. The van der Waals surface area contributed by atoms with Crippen LogP contribution in [0.25, 0.3) is 10.2 Å². The van der Waals surface area contributed by atoms with Crippen molar-refractivity contribution in [1.82, 2.24) is 4.98 Å². The second kappa shape index (κ2) is 5.24. The Morgan fingerprint density at radius 2 is 2.18 bits per heavy atom. The minimum atomic E-state index is 0.324. The highest BCUT2D eigenvalue weighted by Gasteiger charge is 2.35. The van der Waals surface area contributed by atoms with Gasteiger partial charge in [-0.25, -0.2) is 4.98 Å². The Morgan fingerprint density at radius 1 is 1.45 bits per heavy atom. The number of nitriles is 1. The second-order valence-corrected chi connectivity index (χ2v) is 8.32. The summed E-state index contributed by atoms with van der Waals surface area (Å²) in [6, 6.07) is 4.36. The lowest BCUT2D eigenvalue weighted by Crippen LogP contribution is -2.34.